The lowest BCUT2D eigenvalue weighted by molar-refractivity contribution is -0.146. The molecule has 0 saturated heterocycles. The molecule has 152 valence electrons. The Balaban J connectivity index is 2.11. The Bertz CT molecular complexity index is 1060. The van der Waals surface area contributed by atoms with Crippen LogP contribution in [0.25, 0.3) is 0 Å². The summed E-state index contributed by atoms with van der Waals surface area (Å²) in [7, 11) is 0. The average molecular weight is 421 g/mol. The fraction of sp³-hybridized carbons (Fsp3) is 0.208. The number of nitriles is 1. The van der Waals surface area contributed by atoms with E-state index >= 15 is 0 Å². The lowest BCUT2D eigenvalue weighted by atomic mass is 9.62. The van der Waals surface area contributed by atoms with Gasteiger partial charge in [-0.2, -0.15) is 5.26 Å². The van der Waals surface area contributed by atoms with Crippen LogP contribution in [0.5, 0.6) is 11.6 Å². The number of ether oxygens (including phenoxy) is 1. The highest BCUT2D eigenvalue weighted by atomic mass is 35.5. The minimum Gasteiger partial charge on any atom is -0.481 e. The third-order valence-electron chi connectivity index (χ3n) is 5.18. The number of carbonyl (C=O) groups is 1. The number of carboxylic acids is 1. The van der Waals surface area contributed by atoms with Crippen LogP contribution in [-0.4, -0.2) is 16.1 Å². The molecule has 0 spiro atoms. The molecule has 3 rings (SSSR count). The number of halogens is 1. The fourth-order valence-corrected chi connectivity index (χ4v) is 3.84. The number of aromatic nitrogens is 1. The van der Waals surface area contributed by atoms with E-state index in [4.69, 9.17) is 16.3 Å². The topological polar surface area (TPSA) is 83.2 Å². The van der Waals surface area contributed by atoms with E-state index in [-0.39, 0.29) is 5.88 Å². The first kappa shape index (κ1) is 21.4. The van der Waals surface area contributed by atoms with Crippen LogP contribution < -0.4 is 4.74 Å². The van der Waals surface area contributed by atoms with E-state index in [1.165, 1.54) is 0 Å². The Kier molecular flexibility index (Phi) is 6.39. The van der Waals surface area contributed by atoms with Crippen LogP contribution in [0, 0.1) is 17.2 Å². The highest BCUT2D eigenvalue weighted by molar-refractivity contribution is 6.30. The zero-order valence-corrected chi connectivity index (χ0v) is 17.4. The number of nitrogens with zero attached hydrogens (tertiary/aromatic N) is 2. The molecule has 0 aliphatic carbocycles. The predicted molar refractivity (Wildman–Crippen MR) is 115 cm³/mol. The largest absolute Gasteiger partial charge is 0.481 e. The van der Waals surface area contributed by atoms with Gasteiger partial charge in [-0.25, -0.2) is 4.98 Å². The molecule has 5 nitrogen and oxygen atoms in total. The zero-order chi connectivity index (χ0) is 21.7. The summed E-state index contributed by atoms with van der Waals surface area (Å²) in [6, 6.07) is 22.9. The first-order valence-corrected chi connectivity index (χ1v) is 9.86. The van der Waals surface area contributed by atoms with E-state index in [2.05, 4.69) is 11.1 Å². The third kappa shape index (κ3) is 4.00. The molecule has 2 atom stereocenters. The van der Waals surface area contributed by atoms with E-state index in [0.29, 0.717) is 22.0 Å². The van der Waals surface area contributed by atoms with Crippen molar-refractivity contribution in [3.05, 3.63) is 89.1 Å². The van der Waals surface area contributed by atoms with Crippen LogP contribution in [0.3, 0.4) is 0 Å². The number of aliphatic carboxylic acids is 1. The van der Waals surface area contributed by atoms with E-state index in [0.717, 1.165) is 0 Å². The molecule has 0 fully saturated rings. The van der Waals surface area contributed by atoms with Gasteiger partial charge < -0.3 is 9.84 Å². The molecule has 0 saturated carbocycles. The highest BCUT2D eigenvalue weighted by Gasteiger charge is 2.52. The summed E-state index contributed by atoms with van der Waals surface area (Å²) in [6.45, 7) is 3.58. The van der Waals surface area contributed by atoms with Gasteiger partial charge in [0.15, 0.2) is 0 Å². The molecule has 3 aromatic rings. The van der Waals surface area contributed by atoms with Gasteiger partial charge in [0.25, 0.3) is 0 Å². The second kappa shape index (κ2) is 8.98. The van der Waals surface area contributed by atoms with Crippen molar-refractivity contribution < 1.29 is 14.6 Å². The molecule has 0 bridgehead atoms. The first-order valence-electron chi connectivity index (χ1n) is 9.48. The molecular formula is C24H21ClN2O3. The quantitative estimate of drug-likeness (QED) is 0.521. The van der Waals surface area contributed by atoms with Gasteiger partial charge in [-0.1, -0.05) is 61.8 Å². The molecule has 1 heterocycles. The second-order valence-corrected chi connectivity index (χ2v) is 7.65. The SMILES string of the molecule is CC(C)C(C(=O)O)(c1ccc(Cl)cc1)C(C#N)c1cccc(Oc2ccccc2)n1. The lowest BCUT2D eigenvalue weighted by Gasteiger charge is -2.37. The van der Waals surface area contributed by atoms with E-state index in [1.54, 1.807) is 68.4 Å². The number of hydrogen-bond donors (Lipinski definition) is 1. The highest BCUT2D eigenvalue weighted by Crippen LogP contribution is 2.45. The van der Waals surface area contributed by atoms with Crippen molar-refractivity contribution in [1.29, 1.82) is 5.26 Å². The number of benzene rings is 2. The molecule has 30 heavy (non-hydrogen) atoms. The zero-order valence-electron chi connectivity index (χ0n) is 16.6. The van der Waals surface area contributed by atoms with Gasteiger partial charge in [0.05, 0.1) is 11.8 Å². The van der Waals surface area contributed by atoms with Crippen molar-refractivity contribution in [2.75, 3.05) is 0 Å². The Morgan fingerprint density at radius 2 is 1.73 bits per heavy atom. The third-order valence-corrected chi connectivity index (χ3v) is 5.43. The number of para-hydroxylation sites is 1. The van der Waals surface area contributed by atoms with Gasteiger partial charge in [0.2, 0.25) is 5.88 Å². The van der Waals surface area contributed by atoms with Crippen molar-refractivity contribution in [2.45, 2.75) is 25.2 Å². The minimum absolute atomic E-state index is 0.290. The van der Waals surface area contributed by atoms with Gasteiger partial charge in [0, 0.05) is 11.1 Å². The van der Waals surface area contributed by atoms with Gasteiger partial charge >= 0.3 is 5.97 Å². The summed E-state index contributed by atoms with van der Waals surface area (Å²) in [5.74, 6) is -1.65. The minimum atomic E-state index is -1.52. The predicted octanol–water partition coefficient (Wildman–Crippen LogP) is 5.81. The van der Waals surface area contributed by atoms with E-state index in [1.807, 2.05) is 18.2 Å². The van der Waals surface area contributed by atoms with E-state index < -0.39 is 23.2 Å². The molecule has 2 aromatic carbocycles. The van der Waals surface area contributed by atoms with Crippen LogP contribution in [-0.2, 0) is 10.2 Å². The van der Waals surface area contributed by atoms with Crippen molar-refractivity contribution in [1.82, 2.24) is 4.98 Å². The molecule has 1 aromatic heterocycles. The van der Waals surface area contributed by atoms with Crippen LogP contribution >= 0.6 is 11.6 Å². The maximum absolute atomic E-state index is 12.7. The summed E-state index contributed by atoms with van der Waals surface area (Å²) in [6.07, 6.45) is 0. The number of pyridine rings is 1. The van der Waals surface area contributed by atoms with Crippen molar-refractivity contribution in [3.8, 4) is 17.7 Å². The summed E-state index contributed by atoms with van der Waals surface area (Å²) < 4.78 is 5.78. The molecule has 1 N–H and O–H groups in total. The van der Waals surface area contributed by atoms with Crippen molar-refractivity contribution in [2.24, 2.45) is 5.92 Å². The van der Waals surface area contributed by atoms with Gasteiger partial charge in [-0.15, -0.1) is 0 Å². The monoisotopic (exact) mass is 420 g/mol. The van der Waals surface area contributed by atoms with Gasteiger partial charge in [0.1, 0.15) is 17.1 Å². The standard InChI is InChI=1S/C24H21ClN2O3/c1-16(2)24(23(28)29,17-11-13-18(25)14-12-17)20(15-26)21-9-6-10-22(27-21)30-19-7-4-3-5-8-19/h3-14,16,20H,1-2H3,(H,28,29). The summed E-state index contributed by atoms with van der Waals surface area (Å²) in [5.41, 5.74) is -0.688. The summed E-state index contributed by atoms with van der Waals surface area (Å²) >= 11 is 6.01. The Labute approximate surface area is 180 Å². The van der Waals surface area contributed by atoms with Crippen molar-refractivity contribution >= 4 is 17.6 Å². The molecule has 0 radical (unpaired) electrons. The van der Waals surface area contributed by atoms with E-state index in [9.17, 15) is 15.2 Å². The first-order chi connectivity index (χ1) is 14.4. The number of hydrogen-bond acceptors (Lipinski definition) is 4. The average Bonchev–Trinajstić information content (AvgIpc) is 2.73. The van der Waals surface area contributed by atoms with Crippen LogP contribution in [0.2, 0.25) is 5.02 Å². The van der Waals surface area contributed by atoms with Crippen molar-refractivity contribution in [3.63, 3.8) is 0 Å². The lowest BCUT2D eigenvalue weighted by Crippen LogP contribution is -2.46. The molecule has 6 heteroatoms. The normalized spacial score (nSPS) is 13.8. The van der Waals surface area contributed by atoms with Crippen LogP contribution in [0.4, 0.5) is 0 Å². The summed E-state index contributed by atoms with van der Waals surface area (Å²) in [4.78, 5) is 17.1. The Morgan fingerprint density at radius 1 is 1.07 bits per heavy atom. The fourth-order valence-electron chi connectivity index (χ4n) is 3.71. The Hall–Kier alpha value is -3.36. The molecule has 0 aliphatic rings. The molecule has 2 unspecified atom stereocenters. The molecule has 0 aliphatic heterocycles. The maximum Gasteiger partial charge on any atom is 0.316 e. The van der Waals surface area contributed by atoms with Gasteiger partial charge in [-0.3, -0.25) is 4.79 Å². The Morgan fingerprint density at radius 3 is 2.30 bits per heavy atom. The second-order valence-electron chi connectivity index (χ2n) is 7.21. The van der Waals surface area contributed by atoms with Crippen LogP contribution in [0.1, 0.15) is 31.0 Å². The maximum atomic E-state index is 12.7. The number of rotatable bonds is 7. The molecular weight excluding hydrogens is 400 g/mol. The molecule has 0 amide bonds. The van der Waals surface area contributed by atoms with Crippen LogP contribution in [0.15, 0.2) is 72.8 Å². The van der Waals surface area contributed by atoms with Gasteiger partial charge in [-0.05, 0) is 41.8 Å². The summed E-state index contributed by atoms with van der Waals surface area (Å²) in [5, 5.41) is 20.9. The smallest absolute Gasteiger partial charge is 0.316 e. The number of carboxylic acid groups (broad SMARTS) is 1.